The Bertz CT molecular complexity index is 1060. The fourth-order valence-electron chi connectivity index (χ4n) is 5.50. The summed E-state index contributed by atoms with van der Waals surface area (Å²) in [4.78, 5) is 45.9. The lowest BCUT2D eigenvalue weighted by Crippen LogP contribution is -2.34. The van der Waals surface area contributed by atoms with Crippen LogP contribution in [0, 0.1) is 0 Å². The van der Waals surface area contributed by atoms with Gasteiger partial charge in [0.2, 0.25) is 0 Å². The number of unbranched alkanes of at least 4 members (excludes halogenated alkanes) is 19. The van der Waals surface area contributed by atoms with Gasteiger partial charge in [0.1, 0.15) is 12.6 Å². The Morgan fingerprint density at radius 3 is 1.50 bits per heavy atom. The summed E-state index contributed by atoms with van der Waals surface area (Å²) >= 11 is 0. The fourth-order valence-corrected chi connectivity index (χ4v) is 6.28. The molecule has 0 aromatic carbocycles. The average molecular weight is 786 g/mol. The number of carbonyl (C=O) groups excluding carboxylic acids is 2. The van der Waals surface area contributed by atoms with Crippen molar-refractivity contribution in [1.29, 1.82) is 0 Å². The third-order valence-electron chi connectivity index (χ3n) is 8.86. The van der Waals surface area contributed by atoms with Crippen LogP contribution >= 0.6 is 7.82 Å². The largest absolute Gasteiger partial charge is 0.480 e. The minimum absolute atomic E-state index is 0.143. The minimum atomic E-state index is -4.72. The van der Waals surface area contributed by atoms with Gasteiger partial charge < -0.3 is 25.2 Å². The van der Waals surface area contributed by atoms with Crippen molar-refractivity contribution >= 4 is 25.7 Å². The van der Waals surface area contributed by atoms with E-state index in [1.165, 1.54) is 57.8 Å². The molecule has 0 aliphatic heterocycles. The number of aliphatic carboxylic acids is 1. The predicted molar refractivity (Wildman–Crippen MR) is 217 cm³/mol. The number of carboxylic acid groups (broad SMARTS) is 1. The second kappa shape index (κ2) is 37.6. The molecule has 314 valence electrons. The van der Waals surface area contributed by atoms with Crippen LogP contribution in [0.2, 0.25) is 0 Å². The SMILES string of the molecule is CCCCC/C=C/C/C=C/CCCCCCCC(=O)O[C@H](COC(=O)CCCCCCC/C=C/CCCCCCCC)COP(=O)(O)OC[C@H](N)C(=O)O. The van der Waals surface area contributed by atoms with Crippen molar-refractivity contribution in [2.45, 2.75) is 193 Å². The average Bonchev–Trinajstić information content (AvgIpc) is 3.14. The van der Waals surface area contributed by atoms with Crippen LogP contribution in [0.4, 0.5) is 0 Å². The van der Waals surface area contributed by atoms with Crippen molar-refractivity contribution < 1.29 is 47.5 Å². The summed E-state index contributed by atoms with van der Waals surface area (Å²) in [7, 11) is -4.72. The highest BCUT2D eigenvalue weighted by Gasteiger charge is 2.28. The number of carboxylic acids is 1. The Labute approximate surface area is 327 Å². The van der Waals surface area contributed by atoms with Crippen LogP contribution in [0.25, 0.3) is 0 Å². The van der Waals surface area contributed by atoms with Gasteiger partial charge in [0.15, 0.2) is 6.10 Å². The Hall–Kier alpha value is -2.30. The Balaban J connectivity index is 4.43. The summed E-state index contributed by atoms with van der Waals surface area (Å²) in [5.41, 5.74) is 5.32. The molecule has 12 heteroatoms. The van der Waals surface area contributed by atoms with E-state index in [2.05, 4.69) is 54.8 Å². The lowest BCUT2D eigenvalue weighted by atomic mass is 10.1. The maximum atomic E-state index is 12.6. The van der Waals surface area contributed by atoms with Gasteiger partial charge in [0, 0.05) is 12.8 Å². The summed E-state index contributed by atoms with van der Waals surface area (Å²) in [6, 6.07) is -1.52. The van der Waals surface area contributed by atoms with Crippen LogP contribution < -0.4 is 5.73 Å². The number of ether oxygens (including phenoxy) is 2. The summed E-state index contributed by atoms with van der Waals surface area (Å²) < 4.78 is 32.6. The molecule has 0 aliphatic carbocycles. The van der Waals surface area contributed by atoms with Gasteiger partial charge in [-0.3, -0.25) is 23.4 Å². The van der Waals surface area contributed by atoms with Gasteiger partial charge in [-0.2, -0.15) is 0 Å². The first-order chi connectivity index (χ1) is 26.1. The standard InChI is InChI=1S/C42H76NO10P/c1-3-5-7-9-11-13-15-17-19-21-23-25-27-29-31-33-40(44)50-35-38(36-51-54(48,49)52-37-39(43)42(46)47)53-41(45)34-32-30-28-26-24-22-20-18-16-14-12-10-8-6-4-2/h12,14,17-20,38-39H,3-11,13,15-16,21-37,43H2,1-2H3,(H,46,47)(H,48,49)/b14-12+,19-17+,20-18+/t38-,39+/m1/s1. The van der Waals surface area contributed by atoms with Crippen LogP contribution in [0.3, 0.4) is 0 Å². The van der Waals surface area contributed by atoms with Gasteiger partial charge in [-0.15, -0.1) is 0 Å². The Morgan fingerprint density at radius 1 is 0.574 bits per heavy atom. The van der Waals surface area contributed by atoms with Crippen molar-refractivity contribution in [1.82, 2.24) is 0 Å². The molecular formula is C42H76NO10P. The lowest BCUT2D eigenvalue weighted by Gasteiger charge is -2.20. The highest BCUT2D eigenvalue weighted by molar-refractivity contribution is 7.47. The van der Waals surface area contributed by atoms with Gasteiger partial charge in [-0.1, -0.05) is 134 Å². The number of phosphoric acid groups is 1. The van der Waals surface area contributed by atoms with Gasteiger partial charge in [0.25, 0.3) is 0 Å². The molecule has 0 bridgehead atoms. The summed E-state index contributed by atoms with van der Waals surface area (Å²) in [5.74, 6) is -2.41. The monoisotopic (exact) mass is 786 g/mol. The van der Waals surface area contributed by atoms with E-state index in [1.54, 1.807) is 0 Å². The normalized spacial score (nSPS) is 14.1. The summed E-state index contributed by atoms with van der Waals surface area (Å²) in [5, 5.41) is 8.88. The molecule has 1 unspecified atom stereocenters. The van der Waals surface area contributed by atoms with Crippen LogP contribution in [0.5, 0.6) is 0 Å². The minimum Gasteiger partial charge on any atom is -0.480 e. The molecule has 0 fully saturated rings. The second-order valence-electron chi connectivity index (χ2n) is 14.1. The van der Waals surface area contributed by atoms with E-state index in [-0.39, 0.29) is 19.4 Å². The maximum Gasteiger partial charge on any atom is 0.472 e. The third kappa shape index (κ3) is 36.7. The number of carbonyl (C=O) groups is 3. The maximum absolute atomic E-state index is 12.6. The topological polar surface area (TPSA) is 172 Å². The molecular weight excluding hydrogens is 709 g/mol. The molecule has 0 amide bonds. The second-order valence-corrected chi connectivity index (χ2v) is 15.6. The molecule has 4 N–H and O–H groups in total. The number of phosphoric ester groups is 1. The number of esters is 2. The highest BCUT2D eigenvalue weighted by atomic mass is 31.2. The number of nitrogens with two attached hydrogens (primary N) is 1. The summed E-state index contributed by atoms with van der Waals surface area (Å²) in [6.45, 7) is 2.74. The quantitative estimate of drug-likeness (QED) is 0.0234. The van der Waals surface area contributed by atoms with Gasteiger partial charge in [0.05, 0.1) is 13.2 Å². The Morgan fingerprint density at radius 2 is 0.981 bits per heavy atom. The molecule has 3 atom stereocenters. The molecule has 0 saturated heterocycles. The van der Waals surface area contributed by atoms with Crippen molar-refractivity contribution in [2.24, 2.45) is 5.73 Å². The molecule has 0 rings (SSSR count). The first kappa shape index (κ1) is 51.7. The number of hydrogen-bond donors (Lipinski definition) is 3. The zero-order valence-electron chi connectivity index (χ0n) is 33.8. The Kier molecular flexibility index (Phi) is 36.0. The third-order valence-corrected chi connectivity index (χ3v) is 9.81. The van der Waals surface area contributed by atoms with Crippen LogP contribution in [-0.4, -0.2) is 59.9 Å². The van der Waals surface area contributed by atoms with Crippen LogP contribution in [0.1, 0.15) is 181 Å². The molecule has 0 spiro atoms. The van der Waals surface area contributed by atoms with Crippen molar-refractivity contribution in [3.63, 3.8) is 0 Å². The number of allylic oxidation sites excluding steroid dienone is 6. The van der Waals surface area contributed by atoms with E-state index in [0.29, 0.717) is 12.8 Å². The number of hydrogen-bond acceptors (Lipinski definition) is 9. The predicted octanol–water partition coefficient (Wildman–Crippen LogP) is 10.8. The molecule has 0 aromatic rings. The van der Waals surface area contributed by atoms with Gasteiger partial charge >= 0.3 is 25.7 Å². The lowest BCUT2D eigenvalue weighted by molar-refractivity contribution is -0.161. The van der Waals surface area contributed by atoms with E-state index < -0.39 is 51.1 Å². The first-order valence-electron chi connectivity index (χ1n) is 21.0. The van der Waals surface area contributed by atoms with Crippen molar-refractivity contribution in [3.05, 3.63) is 36.5 Å². The van der Waals surface area contributed by atoms with Crippen LogP contribution in [0.15, 0.2) is 36.5 Å². The van der Waals surface area contributed by atoms with Gasteiger partial charge in [-0.25, -0.2) is 4.57 Å². The smallest absolute Gasteiger partial charge is 0.472 e. The zero-order valence-corrected chi connectivity index (χ0v) is 34.7. The van der Waals surface area contributed by atoms with Crippen LogP contribution in [-0.2, 0) is 37.5 Å². The zero-order chi connectivity index (χ0) is 40.0. The summed E-state index contributed by atoms with van der Waals surface area (Å²) in [6.07, 6.45) is 39.2. The van der Waals surface area contributed by atoms with Gasteiger partial charge in [-0.05, 0) is 70.6 Å². The van der Waals surface area contributed by atoms with E-state index in [1.807, 2.05) is 0 Å². The molecule has 0 aliphatic rings. The molecule has 0 radical (unpaired) electrons. The van der Waals surface area contributed by atoms with Crippen molar-refractivity contribution in [2.75, 3.05) is 19.8 Å². The van der Waals surface area contributed by atoms with E-state index in [0.717, 1.165) is 83.5 Å². The fraction of sp³-hybridized carbons (Fsp3) is 0.786. The van der Waals surface area contributed by atoms with Crippen molar-refractivity contribution in [3.8, 4) is 0 Å². The molecule has 11 nitrogen and oxygen atoms in total. The molecule has 0 aromatic heterocycles. The van der Waals surface area contributed by atoms with E-state index in [9.17, 15) is 23.8 Å². The molecule has 54 heavy (non-hydrogen) atoms. The highest BCUT2D eigenvalue weighted by Crippen LogP contribution is 2.43. The molecule has 0 saturated carbocycles. The van der Waals surface area contributed by atoms with E-state index >= 15 is 0 Å². The molecule has 0 heterocycles. The number of rotatable bonds is 39. The first-order valence-corrected chi connectivity index (χ1v) is 22.5. The van der Waals surface area contributed by atoms with E-state index in [4.69, 9.17) is 24.8 Å².